The number of rotatable bonds is 2. The van der Waals surface area contributed by atoms with Gasteiger partial charge in [0.15, 0.2) is 0 Å². The Balaban J connectivity index is 2.46. The van der Waals surface area contributed by atoms with Crippen LogP contribution in [0.2, 0.25) is 0 Å². The van der Waals surface area contributed by atoms with Crippen molar-refractivity contribution in [3.63, 3.8) is 0 Å². The molecule has 0 aliphatic rings. The van der Waals surface area contributed by atoms with Crippen molar-refractivity contribution in [3.8, 4) is 17.3 Å². The zero-order valence-corrected chi connectivity index (χ0v) is 8.39. The smallest absolute Gasteiger partial charge is 0.213 e. The third kappa shape index (κ3) is 2.20. The van der Waals surface area contributed by atoms with Gasteiger partial charge in [-0.1, -0.05) is 0 Å². The summed E-state index contributed by atoms with van der Waals surface area (Å²) in [5.74, 6) is -0.577. The summed E-state index contributed by atoms with van der Waals surface area (Å²) < 4.78 is 13.2. The number of nitriles is 1. The summed E-state index contributed by atoms with van der Waals surface area (Å²) in [7, 11) is 0. The van der Waals surface area contributed by atoms with Crippen LogP contribution in [-0.2, 0) is 6.42 Å². The van der Waals surface area contributed by atoms with Crippen molar-refractivity contribution in [2.75, 3.05) is 0 Å². The van der Waals surface area contributed by atoms with Crippen molar-refractivity contribution in [3.05, 3.63) is 48.2 Å². The van der Waals surface area contributed by atoms with Crippen molar-refractivity contribution in [2.24, 2.45) is 0 Å². The largest absolute Gasteiger partial charge is 0.264 e. The summed E-state index contributed by atoms with van der Waals surface area (Å²) in [6.45, 7) is 0. The van der Waals surface area contributed by atoms with E-state index < -0.39 is 5.95 Å². The fourth-order valence-corrected chi connectivity index (χ4v) is 1.41. The highest BCUT2D eigenvalue weighted by molar-refractivity contribution is 5.58. The van der Waals surface area contributed by atoms with Gasteiger partial charge in [0.2, 0.25) is 5.95 Å². The molecule has 0 aliphatic heterocycles. The molecule has 0 aromatic carbocycles. The molecule has 4 heteroatoms. The van der Waals surface area contributed by atoms with E-state index >= 15 is 0 Å². The predicted molar refractivity (Wildman–Crippen MR) is 56.7 cm³/mol. The standard InChI is InChI=1S/C12H8FN3/c13-12-7-9(3-4-14)6-11(16-12)10-2-1-5-15-8-10/h1-2,5-8H,3H2. The van der Waals surface area contributed by atoms with Crippen molar-refractivity contribution < 1.29 is 4.39 Å². The van der Waals surface area contributed by atoms with E-state index in [0.717, 1.165) is 5.56 Å². The molecule has 0 amide bonds. The van der Waals surface area contributed by atoms with Crippen LogP contribution in [0.3, 0.4) is 0 Å². The fourth-order valence-electron chi connectivity index (χ4n) is 1.41. The first-order valence-corrected chi connectivity index (χ1v) is 4.73. The Kier molecular flexibility index (Phi) is 2.88. The van der Waals surface area contributed by atoms with Crippen LogP contribution in [0.5, 0.6) is 0 Å². The Labute approximate surface area is 92.2 Å². The van der Waals surface area contributed by atoms with Crippen molar-refractivity contribution in [2.45, 2.75) is 6.42 Å². The van der Waals surface area contributed by atoms with Gasteiger partial charge >= 0.3 is 0 Å². The maximum Gasteiger partial charge on any atom is 0.213 e. The Hall–Kier alpha value is -2.28. The quantitative estimate of drug-likeness (QED) is 0.719. The maximum atomic E-state index is 13.2. The Bertz CT molecular complexity index is 532. The molecule has 2 aromatic heterocycles. The monoisotopic (exact) mass is 213 g/mol. The van der Waals surface area contributed by atoms with Crippen LogP contribution in [0.4, 0.5) is 4.39 Å². The van der Waals surface area contributed by atoms with E-state index in [4.69, 9.17) is 5.26 Å². The Morgan fingerprint density at radius 3 is 2.94 bits per heavy atom. The van der Waals surface area contributed by atoms with E-state index in [0.29, 0.717) is 11.3 Å². The minimum atomic E-state index is -0.577. The van der Waals surface area contributed by atoms with E-state index in [9.17, 15) is 4.39 Å². The van der Waals surface area contributed by atoms with E-state index in [-0.39, 0.29) is 6.42 Å². The summed E-state index contributed by atoms with van der Waals surface area (Å²) >= 11 is 0. The molecule has 0 N–H and O–H groups in total. The molecule has 3 nitrogen and oxygen atoms in total. The fraction of sp³-hybridized carbons (Fsp3) is 0.0833. The lowest BCUT2D eigenvalue weighted by Crippen LogP contribution is -1.92. The van der Waals surface area contributed by atoms with E-state index in [1.54, 1.807) is 30.6 Å². The van der Waals surface area contributed by atoms with Gasteiger partial charge in [0.1, 0.15) is 0 Å². The molecule has 0 aliphatic carbocycles. The average Bonchev–Trinajstić information content (AvgIpc) is 2.30. The van der Waals surface area contributed by atoms with Crippen molar-refractivity contribution in [1.29, 1.82) is 5.26 Å². The molecule has 16 heavy (non-hydrogen) atoms. The van der Waals surface area contributed by atoms with Gasteiger partial charge in [-0.3, -0.25) is 4.98 Å². The van der Waals surface area contributed by atoms with E-state index in [2.05, 4.69) is 9.97 Å². The second kappa shape index (κ2) is 4.49. The summed E-state index contributed by atoms with van der Waals surface area (Å²) in [6, 6.07) is 8.50. The van der Waals surface area contributed by atoms with Gasteiger partial charge in [0.25, 0.3) is 0 Å². The first-order valence-electron chi connectivity index (χ1n) is 4.73. The molecule has 0 unspecified atom stereocenters. The summed E-state index contributed by atoms with van der Waals surface area (Å²) in [6.07, 6.45) is 3.42. The lowest BCUT2D eigenvalue weighted by molar-refractivity contribution is 0.583. The number of halogens is 1. The minimum Gasteiger partial charge on any atom is -0.264 e. The van der Waals surface area contributed by atoms with Crippen LogP contribution < -0.4 is 0 Å². The van der Waals surface area contributed by atoms with E-state index in [1.807, 2.05) is 6.07 Å². The van der Waals surface area contributed by atoms with Gasteiger partial charge < -0.3 is 0 Å². The second-order valence-electron chi connectivity index (χ2n) is 3.26. The maximum absolute atomic E-state index is 13.2. The molecule has 0 saturated carbocycles. The summed E-state index contributed by atoms with van der Waals surface area (Å²) in [5, 5.41) is 8.57. The molecule has 0 radical (unpaired) electrons. The highest BCUT2D eigenvalue weighted by atomic mass is 19.1. The first-order chi connectivity index (χ1) is 7.79. The van der Waals surface area contributed by atoms with Gasteiger partial charge in [-0.15, -0.1) is 0 Å². The second-order valence-corrected chi connectivity index (χ2v) is 3.26. The number of pyridine rings is 2. The van der Waals surface area contributed by atoms with Gasteiger partial charge in [0.05, 0.1) is 18.2 Å². The predicted octanol–water partition coefficient (Wildman–Crippen LogP) is 2.35. The van der Waals surface area contributed by atoms with Gasteiger partial charge in [0, 0.05) is 18.0 Å². The molecular formula is C12H8FN3. The zero-order valence-electron chi connectivity index (χ0n) is 8.39. The molecule has 0 saturated heterocycles. The van der Waals surface area contributed by atoms with Crippen LogP contribution in [0.15, 0.2) is 36.7 Å². The highest BCUT2D eigenvalue weighted by Crippen LogP contribution is 2.17. The third-order valence-corrected chi connectivity index (χ3v) is 2.09. The summed E-state index contributed by atoms with van der Waals surface area (Å²) in [4.78, 5) is 7.71. The summed E-state index contributed by atoms with van der Waals surface area (Å²) in [5.41, 5.74) is 1.85. The first kappa shape index (κ1) is 10.2. The Morgan fingerprint density at radius 1 is 1.38 bits per heavy atom. The third-order valence-electron chi connectivity index (χ3n) is 2.09. The number of hydrogen-bond donors (Lipinski definition) is 0. The Morgan fingerprint density at radius 2 is 2.25 bits per heavy atom. The van der Waals surface area contributed by atoms with Gasteiger partial charge in [-0.2, -0.15) is 9.65 Å². The topological polar surface area (TPSA) is 49.6 Å². The SMILES string of the molecule is N#CCc1cc(F)nc(-c2cccnc2)c1. The van der Waals surface area contributed by atoms with Crippen LogP contribution in [0.25, 0.3) is 11.3 Å². The lowest BCUT2D eigenvalue weighted by Gasteiger charge is -2.02. The van der Waals surface area contributed by atoms with Gasteiger partial charge in [-0.05, 0) is 29.8 Å². The van der Waals surface area contributed by atoms with Crippen LogP contribution >= 0.6 is 0 Å². The van der Waals surface area contributed by atoms with E-state index in [1.165, 1.54) is 6.07 Å². The molecule has 0 fully saturated rings. The molecule has 0 spiro atoms. The zero-order chi connectivity index (χ0) is 11.4. The molecule has 2 aromatic rings. The highest BCUT2D eigenvalue weighted by Gasteiger charge is 2.04. The number of nitrogens with zero attached hydrogens (tertiary/aromatic N) is 3. The molecular weight excluding hydrogens is 205 g/mol. The number of hydrogen-bond acceptors (Lipinski definition) is 3. The molecule has 2 rings (SSSR count). The number of aromatic nitrogens is 2. The molecule has 2 heterocycles. The van der Waals surface area contributed by atoms with Crippen molar-refractivity contribution >= 4 is 0 Å². The molecule has 0 bridgehead atoms. The molecule has 78 valence electrons. The van der Waals surface area contributed by atoms with Crippen LogP contribution in [0.1, 0.15) is 5.56 Å². The van der Waals surface area contributed by atoms with Crippen LogP contribution in [-0.4, -0.2) is 9.97 Å². The normalized spacial score (nSPS) is 9.75. The molecule has 0 atom stereocenters. The average molecular weight is 213 g/mol. The lowest BCUT2D eigenvalue weighted by atomic mass is 10.1. The van der Waals surface area contributed by atoms with Gasteiger partial charge in [-0.25, -0.2) is 4.98 Å². The minimum absolute atomic E-state index is 0.173. The van der Waals surface area contributed by atoms with Crippen molar-refractivity contribution in [1.82, 2.24) is 9.97 Å². The van der Waals surface area contributed by atoms with Crippen LogP contribution in [0, 0.1) is 17.3 Å².